The maximum absolute atomic E-state index is 5.94. The molecule has 1 aromatic carbocycles. The molecule has 0 fully saturated rings. The van der Waals surface area contributed by atoms with E-state index in [1.807, 2.05) is 25.3 Å². The fourth-order valence-corrected chi connectivity index (χ4v) is 2.03. The summed E-state index contributed by atoms with van der Waals surface area (Å²) in [4.78, 5) is 0. The van der Waals surface area contributed by atoms with Crippen molar-refractivity contribution >= 4 is 0 Å². The van der Waals surface area contributed by atoms with Gasteiger partial charge in [-0.1, -0.05) is 12.1 Å². The van der Waals surface area contributed by atoms with Gasteiger partial charge in [-0.2, -0.15) is 0 Å². The molecule has 3 nitrogen and oxygen atoms in total. The molecule has 0 aliphatic carbocycles. The van der Waals surface area contributed by atoms with E-state index in [4.69, 9.17) is 9.47 Å². The maximum Gasteiger partial charge on any atom is 0.127 e. The van der Waals surface area contributed by atoms with Crippen molar-refractivity contribution in [2.75, 3.05) is 20.8 Å². The van der Waals surface area contributed by atoms with E-state index in [0.717, 1.165) is 30.9 Å². The molecule has 0 aromatic heterocycles. The van der Waals surface area contributed by atoms with Crippen LogP contribution in [0.25, 0.3) is 0 Å². The Morgan fingerprint density at radius 3 is 2.75 bits per heavy atom. The van der Waals surface area contributed by atoms with Crippen molar-refractivity contribution in [2.24, 2.45) is 0 Å². The van der Waals surface area contributed by atoms with Gasteiger partial charge in [-0.05, 0) is 45.7 Å². The number of ether oxygens (including phenoxy) is 2. The molecule has 112 valence electrons. The van der Waals surface area contributed by atoms with Crippen molar-refractivity contribution in [3.8, 4) is 11.5 Å². The zero-order valence-corrected chi connectivity index (χ0v) is 12.9. The summed E-state index contributed by atoms with van der Waals surface area (Å²) < 4.78 is 11.2. The first-order valence-corrected chi connectivity index (χ1v) is 7.31. The van der Waals surface area contributed by atoms with Crippen molar-refractivity contribution in [3.05, 3.63) is 36.4 Å². The number of hydrogen-bond acceptors (Lipinski definition) is 3. The van der Waals surface area contributed by atoms with Crippen LogP contribution in [-0.2, 0) is 0 Å². The van der Waals surface area contributed by atoms with Crippen molar-refractivity contribution < 1.29 is 9.47 Å². The summed E-state index contributed by atoms with van der Waals surface area (Å²) in [6, 6.07) is 6.26. The van der Waals surface area contributed by atoms with Gasteiger partial charge in [0.25, 0.3) is 0 Å². The van der Waals surface area contributed by atoms with Gasteiger partial charge in [0.2, 0.25) is 0 Å². The molecule has 1 N–H and O–H groups in total. The van der Waals surface area contributed by atoms with Crippen LogP contribution in [0.3, 0.4) is 0 Å². The predicted octanol–water partition coefficient (Wildman–Crippen LogP) is 4.10. The van der Waals surface area contributed by atoms with Crippen molar-refractivity contribution in [2.45, 2.75) is 38.6 Å². The maximum atomic E-state index is 5.94. The molecule has 0 aliphatic heterocycles. The Bertz CT molecular complexity index is 404. The van der Waals surface area contributed by atoms with E-state index in [0.29, 0.717) is 0 Å². The average Bonchev–Trinajstić information content (AvgIpc) is 2.49. The quantitative estimate of drug-likeness (QED) is 0.516. The Balaban J connectivity index is 2.58. The van der Waals surface area contributed by atoms with Crippen LogP contribution in [-0.4, -0.2) is 20.8 Å². The van der Waals surface area contributed by atoms with E-state index in [-0.39, 0.29) is 6.04 Å². The van der Waals surface area contributed by atoms with E-state index >= 15 is 0 Å². The van der Waals surface area contributed by atoms with Crippen LogP contribution in [0.15, 0.2) is 30.9 Å². The molecule has 20 heavy (non-hydrogen) atoms. The zero-order chi connectivity index (χ0) is 14.8. The summed E-state index contributed by atoms with van der Waals surface area (Å²) in [6.45, 7) is 6.60. The molecule has 3 heteroatoms. The highest BCUT2D eigenvalue weighted by Crippen LogP contribution is 2.29. The molecule has 0 amide bonds. The van der Waals surface area contributed by atoms with Crippen LogP contribution in [0.4, 0.5) is 0 Å². The van der Waals surface area contributed by atoms with E-state index in [1.165, 1.54) is 18.4 Å². The van der Waals surface area contributed by atoms with Crippen molar-refractivity contribution in [1.29, 1.82) is 0 Å². The number of hydrogen-bond donors (Lipinski definition) is 1. The van der Waals surface area contributed by atoms with Gasteiger partial charge in [0.1, 0.15) is 11.5 Å². The minimum absolute atomic E-state index is 0.261. The molecule has 0 heterocycles. The van der Waals surface area contributed by atoms with Crippen LogP contribution in [0.2, 0.25) is 0 Å². The molecule has 0 aliphatic rings. The van der Waals surface area contributed by atoms with Crippen LogP contribution >= 0.6 is 0 Å². The van der Waals surface area contributed by atoms with Crippen molar-refractivity contribution in [3.63, 3.8) is 0 Å². The average molecular weight is 277 g/mol. The van der Waals surface area contributed by atoms with Crippen molar-refractivity contribution in [1.82, 2.24) is 5.32 Å². The lowest BCUT2D eigenvalue weighted by Crippen LogP contribution is -2.14. The minimum Gasteiger partial charge on any atom is -0.497 e. The fraction of sp³-hybridized carbons (Fsp3) is 0.529. The van der Waals surface area contributed by atoms with Gasteiger partial charge >= 0.3 is 0 Å². The Kier molecular flexibility index (Phi) is 7.81. The van der Waals surface area contributed by atoms with Gasteiger partial charge in [0.05, 0.1) is 13.7 Å². The molecule has 0 bridgehead atoms. The van der Waals surface area contributed by atoms with E-state index in [1.54, 1.807) is 7.11 Å². The smallest absolute Gasteiger partial charge is 0.127 e. The Hall–Kier alpha value is -1.48. The highest BCUT2D eigenvalue weighted by molar-refractivity contribution is 5.42. The molecule has 1 rings (SSSR count). The van der Waals surface area contributed by atoms with E-state index in [2.05, 4.69) is 24.9 Å². The molecule has 1 aromatic rings. The summed E-state index contributed by atoms with van der Waals surface area (Å²) in [5.41, 5.74) is 1.17. The molecule has 0 saturated carbocycles. The zero-order valence-electron chi connectivity index (χ0n) is 12.9. The first-order chi connectivity index (χ1) is 9.72. The van der Waals surface area contributed by atoms with Gasteiger partial charge < -0.3 is 14.8 Å². The van der Waals surface area contributed by atoms with Gasteiger partial charge in [-0.15, -0.1) is 6.58 Å². The summed E-state index contributed by atoms with van der Waals surface area (Å²) in [7, 11) is 3.63. The topological polar surface area (TPSA) is 30.5 Å². The first-order valence-electron chi connectivity index (χ1n) is 7.31. The third-order valence-corrected chi connectivity index (χ3v) is 3.43. The van der Waals surface area contributed by atoms with E-state index in [9.17, 15) is 0 Å². The Morgan fingerprint density at radius 2 is 2.10 bits per heavy atom. The molecule has 0 radical (unpaired) electrons. The summed E-state index contributed by atoms with van der Waals surface area (Å²) in [6.07, 6.45) is 6.48. The van der Waals surface area contributed by atoms with Crippen LogP contribution in [0.5, 0.6) is 11.5 Å². The monoisotopic (exact) mass is 277 g/mol. The lowest BCUT2D eigenvalue weighted by molar-refractivity contribution is 0.297. The molecule has 1 unspecified atom stereocenters. The SMILES string of the molecule is C=CCCCCCOc1cc(OC)ccc1C(C)NC. The highest BCUT2D eigenvalue weighted by Gasteiger charge is 2.11. The number of benzene rings is 1. The predicted molar refractivity (Wildman–Crippen MR) is 84.6 cm³/mol. The number of allylic oxidation sites excluding steroid dienone is 1. The number of unbranched alkanes of at least 4 members (excludes halogenated alkanes) is 3. The fourth-order valence-electron chi connectivity index (χ4n) is 2.03. The lowest BCUT2D eigenvalue weighted by Gasteiger charge is -2.17. The van der Waals surface area contributed by atoms with E-state index < -0.39 is 0 Å². The summed E-state index contributed by atoms with van der Waals surface area (Å²) in [5.74, 6) is 1.74. The number of rotatable bonds is 10. The highest BCUT2D eigenvalue weighted by atomic mass is 16.5. The number of methoxy groups -OCH3 is 1. The first kappa shape index (κ1) is 16.6. The van der Waals surface area contributed by atoms with Gasteiger partial charge in [0.15, 0.2) is 0 Å². The molecular formula is C17H27NO2. The second kappa shape index (κ2) is 9.43. The van der Waals surface area contributed by atoms with Gasteiger partial charge in [-0.25, -0.2) is 0 Å². The second-order valence-corrected chi connectivity index (χ2v) is 4.90. The van der Waals surface area contributed by atoms with Gasteiger partial charge in [0, 0.05) is 17.7 Å². The normalized spacial score (nSPS) is 11.9. The Labute approximate surface area is 123 Å². The minimum atomic E-state index is 0.261. The summed E-state index contributed by atoms with van der Waals surface area (Å²) >= 11 is 0. The lowest BCUT2D eigenvalue weighted by atomic mass is 10.1. The second-order valence-electron chi connectivity index (χ2n) is 4.90. The summed E-state index contributed by atoms with van der Waals surface area (Å²) in [5, 5.41) is 3.25. The molecule has 0 spiro atoms. The number of nitrogens with one attached hydrogen (secondary N) is 1. The molecular weight excluding hydrogens is 250 g/mol. The molecule has 1 atom stereocenters. The van der Waals surface area contributed by atoms with Gasteiger partial charge in [-0.3, -0.25) is 0 Å². The van der Waals surface area contributed by atoms with Crippen LogP contribution in [0, 0.1) is 0 Å². The largest absolute Gasteiger partial charge is 0.497 e. The van der Waals surface area contributed by atoms with Crippen LogP contribution < -0.4 is 14.8 Å². The van der Waals surface area contributed by atoms with Crippen LogP contribution in [0.1, 0.15) is 44.2 Å². The standard InChI is InChI=1S/C17H27NO2/c1-5-6-7-8-9-12-20-17-13-15(19-4)10-11-16(17)14(2)18-3/h5,10-11,13-14,18H,1,6-9,12H2,2-4H3. The Morgan fingerprint density at radius 1 is 1.30 bits per heavy atom. The third-order valence-electron chi connectivity index (χ3n) is 3.43. The molecule has 0 saturated heterocycles. The third kappa shape index (κ3) is 5.25.